The third-order valence-electron chi connectivity index (χ3n) is 5.34. The number of aliphatic hydroxyl groups is 1. The van der Waals surface area contributed by atoms with Gasteiger partial charge in [0.15, 0.2) is 5.13 Å². The van der Waals surface area contributed by atoms with Crippen molar-refractivity contribution in [1.29, 1.82) is 0 Å². The zero-order chi connectivity index (χ0) is 18.9. The molecule has 3 heterocycles. The highest BCUT2D eigenvalue weighted by Gasteiger charge is 2.29. The molecule has 4 rings (SSSR count). The van der Waals surface area contributed by atoms with Crippen molar-refractivity contribution in [1.82, 2.24) is 9.97 Å². The number of ether oxygens (including phenoxy) is 1. The Morgan fingerprint density at radius 1 is 1.33 bits per heavy atom. The molecule has 0 spiro atoms. The summed E-state index contributed by atoms with van der Waals surface area (Å²) in [6.45, 7) is 5.16. The van der Waals surface area contributed by atoms with Crippen molar-refractivity contribution in [3.05, 3.63) is 22.8 Å². The Balaban J connectivity index is 1.54. The molecule has 2 aliphatic rings. The smallest absolute Gasteiger partial charge is 0.186 e. The maximum absolute atomic E-state index is 10.2. The first-order chi connectivity index (χ1) is 13.0. The van der Waals surface area contributed by atoms with Gasteiger partial charge in [0.05, 0.1) is 24.5 Å². The van der Waals surface area contributed by atoms with Gasteiger partial charge in [0, 0.05) is 42.0 Å². The lowest BCUT2D eigenvalue weighted by Gasteiger charge is -2.34. The first-order valence-electron chi connectivity index (χ1n) is 9.43. The lowest BCUT2D eigenvalue weighted by Crippen LogP contribution is -2.36. The van der Waals surface area contributed by atoms with E-state index < -0.39 is 5.60 Å². The van der Waals surface area contributed by atoms with Crippen LogP contribution in [0.25, 0.3) is 11.3 Å². The number of thiazole rings is 1. The van der Waals surface area contributed by atoms with E-state index in [0.29, 0.717) is 11.2 Å². The zero-order valence-corrected chi connectivity index (χ0v) is 17.0. The van der Waals surface area contributed by atoms with Gasteiger partial charge in [0.1, 0.15) is 5.15 Å². The minimum absolute atomic E-state index is 0.319. The summed E-state index contributed by atoms with van der Waals surface area (Å²) in [7, 11) is 0. The molecular weight excluding hydrogens is 384 g/mol. The second kappa shape index (κ2) is 7.91. The number of anilines is 2. The Morgan fingerprint density at radius 3 is 2.81 bits per heavy atom. The van der Waals surface area contributed by atoms with Crippen LogP contribution in [0.2, 0.25) is 5.15 Å². The van der Waals surface area contributed by atoms with Crippen LogP contribution in [0.15, 0.2) is 17.6 Å². The molecule has 0 unspecified atom stereocenters. The number of hydrogen-bond donors (Lipinski definition) is 2. The van der Waals surface area contributed by atoms with Crippen LogP contribution in [0.4, 0.5) is 10.8 Å². The van der Waals surface area contributed by atoms with E-state index >= 15 is 0 Å². The first kappa shape index (κ1) is 18.9. The standard InChI is InChI=1S/C19H25ClN4O2S/c1-19(25)4-2-13(3-5-19)22-15-10-17(20)21-11-14(15)16-12-27-18(23-16)24-6-8-26-9-7-24/h10-13,25H,2-9H2,1H3,(H,21,22). The fourth-order valence-corrected chi connectivity index (χ4v) is 4.68. The predicted octanol–water partition coefficient (Wildman–Crippen LogP) is 3.80. The van der Waals surface area contributed by atoms with Gasteiger partial charge in [-0.3, -0.25) is 0 Å². The normalized spacial score (nSPS) is 26.2. The number of halogens is 1. The summed E-state index contributed by atoms with van der Waals surface area (Å²) in [5, 5.41) is 17.3. The summed E-state index contributed by atoms with van der Waals surface area (Å²) < 4.78 is 5.43. The predicted molar refractivity (Wildman–Crippen MR) is 110 cm³/mol. The van der Waals surface area contributed by atoms with Crippen LogP contribution in [-0.2, 0) is 4.74 Å². The average molecular weight is 409 g/mol. The fraction of sp³-hybridized carbons (Fsp3) is 0.579. The number of nitrogens with one attached hydrogen (secondary N) is 1. The number of rotatable bonds is 4. The van der Waals surface area contributed by atoms with Gasteiger partial charge in [-0.25, -0.2) is 9.97 Å². The quantitative estimate of drug-likeness (QED) is 0.750. The number of aromatic nitrogens is 2. The Morgan fingerprint density at radius 2 is 2.07 bits per heavy atom. The molecule has 0 bridgehead atoms. The number of pyridine rings is 1. The Kier molecular flexibility index (Phi) is 5.55. The average Bonchev–Trinajstić information content (AvgIpc) is 3.14. The number of nitrogens with zero attached hydrogens (tertiary/aromatic N) is 3. The highest BCUT2D eigenvalue weighted by molar-refractivity contribution is 7.14. The van der Waals surface area contributed by atoms with Crippen LogP contribution in [0.3, 0.4) is 0 Å². The van der Waals surface area contributed by atoms with Crippen LogP contribution in [-0.4, -0.2) is 53.0 Å². The van der Waals surface area contributed by atoms with Crippen LogP contribution in [0.5, 0.6) is 0 Å². The van der Waals surface area contributed by atoms with Crippen molar-refractivity contribution in [2.45, 2.75) is 44.2 Å². The largest absolute Gasteiger partial charge is 0.390 e. The van der Waals surface area contributed by atoms with E-state index in [1.807, 2.05) is 13.0 Å². The molecule has 27 heavy (non-hydrogen) atoms. The molecule has 0 aromatic carbocycles. The molecule has 2 fully saturated rings. The maximum atomic E-state index is 10.2. The molecule has 0 radical (unpaired) electrons. The molecule has 146 valence electrons. The van der Waals surface area contributed by atoms with Crippen molar-refractivity contribution >= 4 is 33.8 Å². The van der Waals surface area contributed by atoms with Gasteiger partial charge in [-0.05, 0) is 38.7 Å². The summed E-state index contributed by atoms with van der Waals surface area (Å²) in [5.74, 6) is 0. The topological polar surface area (TPSA) is 70.5 Å². The number of morpholine rings is 1. The SMILES string of the molecule is CC1(O)CCC(Nc2cc(Cl)ncc2-c2csc(N3CCOCC3)n2)CC1. The molecule has 8 heteroatoms. The van der Waals surface area contributed by atoms with Crippen molar-refractivity contribution in [3.63, 3.8) is 0 Å². The summed E-state index contributed by atoms with van der Waals surface area (Å²) >= 11 is 7.81. The van der Waals surface area contributed by atoms with Gasteiger partial charge < -0.3 is 20.1 Å². The molecule has 6 nitrogen and oxygen atoms in total. The van der Waals surface area contributed by atoms with Crippen LogP contribution in [0, 0.1) is 0 Å². The van der Waals surface area contributed by atoms with Gasteiger partial charge in [0.2, 0.25) is 0 Å². The molecule has 1 saturated carbocycles. The van der Waals surface area contributed by atoms with Crippen molar-refractivity contribution in [2.75, 3.05) is 36.5 Å². The summed E-state index contributed by atoms with van der Waals surface area (Å²) in [6.07, 6.45) is 5.26. The minimum atomic E-state index is -0.543. The Hall–Kier alpha value is -1.41. The molecule has 2 aromatic rings. The van der Waals surface area contributed by atoms with Gasteiger partial charge >= 0.3 is 0 Å². The molecule has 1 saturated heterocycles. The van der Waals surface area contributed by atoms with E-state index in [9.17, 15) is 5.11 Å². The minimum Gasteiger partial charge on any atom is -0.390 e. The van der Waals surface area contributed by atoms with Crippen LogP contribution < -0.4 is 10.2 Å². The van der Waals surface area contributed by atoms with Gasteiger partial charge in [0.25, 0.3) is 0 Å². The highest BCUT2D eigenvalue weighted by atomic mass is 35.5. The van der Waals surface area contributed by atoms with Crippen LogP contribution in [0.1, 0.15) is 32.6 Å². The van der Waals surface area contributed by atoms with Crippen molar-refractivity contribution in [2.24, 2.45) is 0 Å². The monoisotopic (exact) mass is 408 g/mol. The zero-order valence-electron chi connectivity index (χ0n) is 15.4. The fourth-order valence-electron chi connectivity index (χ4n) is 3.65. The second-order valence-electron chi connectivity index (χ2n) is 7.58. The van der Waals surface area contributed by atoms with Crippen LogP contribution >= 0.6 is 22.9 Å². The van der Waals surface area contributed by atoms with Gasteiger partial charge in [-0.15, -0.1) is 11.3 Å². The van der Waals surface area contributed by atoms with Crippen molar-refractivity contribution < 1.29 is 9.84 Å². The summed E-state index contributed by atoms with van der Waals surface area (Å²) in [6, 6.07) is 2.19. The third-order valence-corrected chi connectivity index (χ3v) is 6.45. The van der Waals surface area contributed by atoms with E-state index in [1.165, 1.54) is 0 Å². The molecule has 0 amide bonds. The number of hydrogen-bond acceptors (Lipinski definition) is 7. The van der Waals surface area contributed by atoms with Crippen molar-refractivity contribution in [3.8, 4) is 11.3 Å². The summed E-state index contributed by atoms with van der Waals surface area (Å²) in [4.78, 5) is 11.4. The lowest BCUT2D eigenvalue weighted by atomic mass is 9.83. The van der Waals surface area contributed by atoms with E-state index in [2.05, 4.69) is 20.6 Å². The molecule has 1 aliphatic carbocycles. The van der Waals surface area contributed by atoms with E-state index in [1.54, 1.807) is 17.5 Å². The maximum Gasteiger partial charge on any atom is 0.186 e. The third kappa shape index (κ3) is 4.54. The van der Waals surface area contributed by atoms with Gasteiger partial charge in [-0.1, -0.05) is 11.6 Å². The highest BCUT2D eigenvalue weighted by Crippen LogP contribution is 2.35. The Labute approximate surface area is 168 Å². The summed E-state index contributed by atoms with van der Waals surface area (Å²) in [5.41, 5.74) is 2.29. The molecular formula is C19H25ClN4O2S. The Bertz CT molecular complexity index is 782. The van der Waals surface area contributed by atoms with E-state index in [4.69, 9.17) is 21.3 Å². The molecule has 2 N–H and O–H groups in total. The molecule has 1 aliphatic heterocycles. The second-order valence-corrected chi connectivity index (χ2v) is 8.81. The molecule has 0 atom stereocenters. The van der Waals surface area contributed by atoms with E-state index in [-0.39, 0.29) is 0 Å². The van der Waals surface area contributed by atoms with E-state index in [0.717, 1.165) is 74.1 Å². The molecule has 2 aromatic heterocycles. The first-order valence-corrected chi connectivity index (χ1v) is 10.7. The lowest BCUT2D eigenvalue weighted by molar-refractivity contribution is 0.0196. The van der Waals surface area contributed by atoms with Gasteiger partial charge in [-0.2, -0.15) is 0 Å².